The van der Waals surface area contributed by atoms with Gasteiger partial charge in [-0.05, 0) is 12.5 Å². The summed E-state index contributed by atoms with van der Waals surface area (Å²) in [5.74, 6) is 0.889. The molecule has 0 atom stereocenters. The molecule has 2 rings (SSSR count). The Morgan fingerprint density at radius 2 is 2.31 bits per heavy atom. The maximum atomic E-state index is 5.77. The van der Waals surface area contributed by atoms with Gasteiger partial charge in [-0.25, -0.2) is 4.98 Å². The van der Waals surface area contributed by atoms with Gasteiger partial charge < -0.3 is 10.5 Å². The Labute approximate surface area is 98.9 Å². The fourth-order valence-corrected chi connectivity index (χ4v) is 2.07. The third kappa shape index (κ3) is 2.40. The summed E-state index contributed by atoms with van der Waals surface area (Å²) in [6.07, 6.45) is 1.78. The Hall–Kier alpha value is -1.39. The van der Waals surface area contributed by atoms with E-state index in [4.69, 9.17) is 10.5 Å². The third-order valence-electron chi connectivity index (χ3n) is 2.34. The molecule has 1 aromatic heterocycles. The summed E-state index contributed by atoms with van der Waals surface area (Å²) in [7, 11) is 0. The first kappa shape index (κ1) is 11.1. The maximum absolute atomic E-state index is 5.77. The molecule has 0 radical (unpaired) electrons. The topological polar surface area (TPSA) is 48.1 Å². The van der Waals surface area contributed by atoms with Gasteiger partial charge in [0.25, 0.3) is 0 Å². The van der Waals surface area contributed by atoms with Crippen LogP contribution in [0.15, 0.2) is 29.8 Å². The molecule has 16 heavy (non-hydrogen) atoms. The van der Waals surface area contributed by atoms with Crippen molar-refractivity contribution in [3.63, 3.8) is 0 Å². The molecule has 0 fully saturated rings. The summed E-state index contributed by atoms with van der Waals surface area (Å²) < 4.78 is 5.77. The first-order chi connectivity index (χ1) is 7.81. The van der Waals surface area contributed by atoms with Gasteiger partial charge in [-0.2, -0.15) is 0 Å². The SMILES string of the molecule is Cc1cccc(CN)c1OCc1nccs1. The van der Waals surface area contributed by atoms with E-state index >= 15 is 0 Å². The Morgan fingerprint density at radius 1 is 1.44 bits per heavy atom. The molecule has 0 saturated heterocycles. The molecular formula is C12H14N2OS. The molecule has 0 aliphatic carbocycles. The summed E-state index contributed by atoms with van der Waals surface area (Å²) >= 11 is 1.59. The van der Waals surface area contributed by atoms with Crippen molar-refractivity contribution in [2.75, 3.05) is 0 Å². The van der Waals surface area contributed by atoms with Crippen LogP contribution < -0.4 is 10.5 Å². The van der Waals surface area contributed by atoms with E-state index in [-0.39, 0.29) is 0 Å². The lowest BCUT2D eigenvalue weighted by Crippen LogP contribution is -2.04. The molecule has 0 saturated carbocycles. The number of nitrogens with zero attached hydrogens (tertiary/aromatic N) is 1. The maximum Gasteiger partial charge on any atom is 0.140 e. The molecule has 1 aromatic carbocycles. The van der Waals surface area contributed by atoms with Crippen LogP contribution in [0.25, 0.3) is 0 Å². The average molecular weight is 234 g/mol. The van der Waals surface area contributed by atoms with Crippen LogP contribution in [-0.2, 0) is 13.2 Å². The molecule has 0 amide bonds. The van der Waals surface area contributed by atoms with E-state index in [9.17, 15) is 0 Å². The monoisotopic (exact) mass is 234 g/mol. The minimum Gasteiger partial charge on any atom is -0.486 e. The van der Waals surface area contributed by atoms with Crippen LogP contribution in [0.2, 0.25) is 0 Å². The van der Waals surface area contributed by atoms with Gasteiger partial charge in [-0.3, -0.25) is 0 Å². The highest BCUT2D eigenvalue weighted by Gasteiger charge is 2.06. The molecule has 0 bridgehead atoms. The van der Waals surface area contributed by atoms with Gasteiger partial charge >= 0.3 is 0 Å². The zero-order valence-electron chi connectivity index (χ0n) is 9.14. The number of aromatic nitrogens is 1. The van der Waals surface area contributed by atoms with Crippen LogP contribution in [-0.4, -0.2) is 4.98 Å². The van der Waals surface area contributed by atoms with Crippen LogP contribution in [0.5, 0.6) is 5.75 Å². The summed E-state index contributed by atoms with van der Waals surface area (Å²) in [5, 5.41) is 2.92. The molecule has 0 spiro atoms. The molecule has 0 unspecified atom stereocenters. The Morgan fingerprint density at radius 3 is 3.00 bits per heavy atom. The van der Waals surface area contributed by atoms with Crippen molar-refractivity contribution in [2.45, 2.75) is 20.1 Å². The Bertz CT molecular complexity index is 454. The zero-order chi connectivity index (χ0) is 11.4. The molecule has 0 aliphatic rings. The molecular weight excluding hydrogens is 220 g/mol. The van der Waals surface area contributed by atoms with Gasteiger partial charge in [0.2, 0.25) is 0 Å². The van der Waals surface area contributed by atoms with Crippen molar-refractivity contribution in [1.82, 2.24) is 4.98 Å². The quantitative estimate of drug-likeness (QED) is 0.884. The van der Waals surface area contributed by atoms with E-state index in [0.29, 0.717) is 13.2 Å². The number of ether oxygens (including phenoxy) is 1. The average Bonchev–Trinajstić information content (AvgIpc) is 2.80. The molecule has 1 heterocycles. The fraction of sp³-hybridized carbons (Fsp3) is 0.250. The van der Waals surface area contributed by atoms with E-state index in [1.807, 2.05) is 30.5 Å². The highest BCUT2D eigenvalue weighted by Crippen LogP contribution is 2.24. The largest absolute Gasteiger partial charge is 0.486 e. The van der Waals surface area contributed by atoms with Gasteiger partial charge in [-0.1, -0.05) is 18.2 Å². The number of rotatable bonds is 4. The van der Waals surface area contributed by atoms with Gasteiger partial charge in [0.05, 0.1) is 0 Å². The van der Waals surface area contributed by atoms with Gasteiger partial charge in [0.15, 0.2) is 0 Å². The van der Waals surface area contributed by atoms with Crippen LogP contribution >= 0.6 is 11.3 Å². The van der Waals surface area contributed by atoms with E-state index in [2.05, 4.69) is 4.98 Å². The normalized spacial score (nSPS) is 10.4. The molecule has 3 nitrogen and oxygen atoms in total. The van der Waals surface area contributed by atoms with Gasteiger partial charge in [0.1, 0.15) is 17.4 Å². The fourth-order valence-electron chi connectivity index (χ4n) is 1.54. The summed E-state index contributed by atoms with van der Waals surface area (Å²) in [6, 6.07) is 6.01. The van der Waals surface area contributed by atoms with Crippen molar-refractivity contribution in [3.8, 4) is 5.75 Å². The minimum absolute atomic E-state index is 0.495. The first-order valence-electron chi connectivity index (χ1n) is 5.11. The van der Waals surface area contributed by atoms with Crippen molar-refractivity contribution >= 4 is 11.3 Å². The third-order valence-corrected chi connectivity index (χ3v) is 3.09. The number of aryl methyl sites for hydroxylation is 1. The van der Waals surface area contributed by atoms with Crippen molar-refractivity contribution in [1.29, 1.82) is 0 Å². The summed E-state index contributed by atoms with van der Waals surface area (Å²) in [4.78, 5) is 4.18. The molecule has 0 aliphatic heterocycles. The first-order valence-corrected chi connectivity index (χ1v) is 5.99. The second-order valence-electron chi connectivity index (χ2n) is 3.48. The van der Waals surface area contributed by atoms with Crippen molar-refractivity contribution in [2.24, 2.45) is 5.73 Å². The van der Waals surface area contributed by atoms with Crippen LogP contribution in [0.3, 0.4) is 0 Å². The predicted molar refractivity (Wildman–Crippen MR) is 65.5 cm³/mol. The smallest absolute Gasteiger partial charge is 0.140 e. The van der Waals surface area contributed by atoms with E-state index in [0.717, 1.165) is 21.9 Å². The van der Waals surface area contributed by atoms with E-state index in [1.54, 1.807) is 17.5 Å². The number of hydrogen-bond acceptors (Lipinski definition) is 4. The second kappa shape index (κ2) is 5.09. The number of thiazole rings is 1. The zero-order valence-corrected chi connectivity index (χ0v) is 9.96. The number of hydrogen-bond donors (Lipinski definition) is 1. The predicted octanol–water partition coefficient (Wildman–Crippen LogP) is 2.49. The van der Waals surface area contributed by atoms with E-state index in [1.165, 1.54) is 0 Å². The number of benzene rings is 1. The Kier molecular flexibility index (Phi) is 3.54. The van der Waals surface area contributed by atoms with Crippen LogP contribution in [0.1, 0.15) is 16.1 Å². The molecule has 2 aromatic rings. The standard InChI is InChI=1S/C12H14N2OS/c1-9-3-2-4-10(7-13)12(9)15-8-11-14-5-6-16-11/h2-6H,7-8,13H2,1H3. The molecule has 84 valence electrons. The highest BCUT2D eigenvalue weighted by atomic mass is 32.1. The number of para-hydroxylation sites is 1. The van der Waals surface area contributed by atoms with Crippen LogP contribution in [0, 0.1) is 6.92 Å². The van der Waals surface area contributed by atoms with Gasteiger partial charge in [0, 0.05) is 23.7 Å². The highest BCUT2D eigenvalue weighted by molar-refractivity contribution is 7.09. The lowest BCUT2D eigenvalue weighted by molar-refractivity contribution is 0.300. The van der Waals surface area contributed by atoms with E-state index < -0.39 is 0 Å². The van der Waals surface area contributed by atoms with Gasteiger partial charge in [-0.15, -0.1) is 11.3 Å². The molecule has 2 N–H and O–H groups in total. The molecule has 4 heteroatoms. The van der Waals surface area contributed by atoms with Crippen molar-refractivity contribution in [3.05, 3.63) is 45.9 Å². The van der Waals surface area contributed by atoms with Crippen LogP contribution in [0.4, 0.5) is 0 Å². The summed E-state index contributed by atoms with van der Waals surface area (Å²) in [5.41, 5.74) is 7.82. The lowest BCUT2D eigenvalue weighted by Gasteiger charge is -2.11. The minimum atomic E-state index is 0.495. The summed E-state index contributed by atoms with van der Waals surface area (Å²) in [6.45, 7) is 3.03. The second-order valence-corrected chi connectivity index (χ2v) is 4.46. The Balaban J connectivity index is 2.14. The lowest BCUT2D eigenvalue weighted by atomic mass is 10.1. The number of nitrogens with two attached hydrogens (primary N) is 1. The van der Waals surface area contributed by atoms with Crippen molar-refractivity contribution < 1.29 is 4.74 Å².